The van der Waals surface area contributed by atoms with Crippen LogP contribution in [0.5, 0.6) is 0 Å². The first-order valence-corrected chi connectivity index (χ1v) is 10.6. The fraction of sp³-hybridized carbons (Fsp3) is 0.190. The summed E-state index contributed by atoms with van der Waals surface area (Å²) >= 11 is 4.58. The Morgan fingerprint density at radius 2 is 1.76 bits per heavy atom. The first-order valence-electron chi connectivity index (χ1n) is 8.97. The number of thiazole rings is 1. The standard InChI is InChI=1S/C21H17BrN2O4S/c22-18-10-23-20(29-18)17(9-19(25)26)24-21(27)28-11-16-14-7-3-1-5-12(14)13-6-2-4-8-15(13)16/h1-8,10,16-17H,9,11H2,(H,24,27)(H,25,26)/t17-/m0/s1. The average Bonchev–Trinajstić information content (AvgIpc) is 3.27. The van der Waals surface area contributed by atoms with Gasteiger partial charge in [0, 0.05) is 5.92 Å². The van der Waals surface area contributed by atoms with Crippen LogP contribution in [-0.4, -0.2) is 28.8 Å². The number of rotatable bonds is 6. The maximum absolute atomic E-state index is 12.4. The van der Waals surface area contributed by atoms with E-state index in [-0.39, 0.29) is 18.9 Å². The average molecular weight is 473 g/mol. The molecule has 148 valence electrons. The van der Waals surface area contributed by atoms with E-state index in [4.69, 9.17) is 9.84 Å². The quantitative estimate of drug-likeness (QED) is 0.529. The van der Waals surface area contributed by atoms with Gasteiger partial charge in [0.15, 0.2) is 0 Å². The highest BCUT2D eigenvalue weighted by molar-refractivity contribution is 9.11. The molecule has 6 nitrogen and oxygen atoms in total. The number of halogens is 1. The highest BCUT2D eigenvalue weighted by atomic mass is 79.9. The Hall–Kier alpha value is -2.71. The number of alkyl carbamates (subject to hydrolysis) is 1. The molecule has 8 heteroatoms. The molecule has 1 aliphatic carbocycles. The zero-order valence-corrected chi connectivity index (χ0v) is 17.6. The Kier molecular flexibility index (Phi) is 5.64. The first-order chi connectivity index (χ1) is 14.0. The van der Waals surface area contributed by atoms with Crippen molar-refractivity contribution in [2.24, 2.45) is 0 Å². The summed E-state index contributed by atoms with van der Waals surface area (Å²) in [5, 5.41) is 12.3. The molecule has 3 aromatic rings. The molecule has 0 bridgehead atoms. The molecule has 1 amide bonds. The Morgan fingerprint density at radius 3 is 2.31 bits per heavy atom. The van der Waals surface area contributed by atoms with Gasteiger partial charge in [-0.15, -0.1) is 11.3 Å². The number of aromatic nitrogens is 1. The minimum absolute atomic E-state index is 0.0555. The highest BCUT2D eigenvalue weighted by Gasteiger charge is 2.29. The lowest BCUT2D eigenvalue weighted by Gasteiger charge is -2.17. The molecule has 2 N–H and O–H groups in total. The van der Waals surface area contributed by atoms with Crippen molar-refractivity contribution in [1.82, 2.24) is 10.3 Å². The summed E-state index contributed by atoms with van der Waals surface area (Å²) in [6.45, 7) is 0.168. The van der Waals surface area contributed by atoms with Crippen molar-refractivity contribution >= 4 is 39.3 Å². The molecule has 0 saturated carbocycles. The molecule has 4 rings (SSSR count). The van der Waals surface area contributed by atoms with Crippen LogP contribution in [0.15, 0.2) is 58.5 Å². The van der Waals surface area contributed by atoms with Crippen molar-refractivity contribution < 1.29 is 19.4 Å². The van der Waals surface area contributed by atoms with Crippen LogP contribution in [0, 0.1) is 0 Å². The summed E-state index contributed by atoms with van der Waals surface area (Å²) in [4.78, 5) is 27.8. The lowest BCUT2D eigenvalue weighted by Crippen LogP contribution is -2.31. The van der Waals surface area contributed by atoms with Gasteiger partial charge < -0.3 is 15.2 Å². The number of ether oxygens (including phenoxy) is 1. The molecule has 2 aromatic carbocycles. The number of carbonyl (C=O) groups is 2. The van der Waals surface area contributed by atoms with Gasteiger partial charge in [0.05, 0.1) is 22.4 Å². The van der Waals surface area contributed by atoms with E-state index in [0.717, 1.165) is 26.0 Å². The van der Waals surface area contributed by atoms with Crippen LogP contribution in [0.1, 0.15) is 34.5 Å². The number of carbonyl (C=O) groups excluding carboxylic acids is 1. The number of carboxylic acid groups (broad SMARTS) is 1. The summed E-state index contributed by atoms with van der Waals surface area (Å²) in [5.41, 5.74) is 4.53. The summed E-state index contributed by atoms with van der Waals surface area (Å²) < 4.78 is 6.26. The van der Waals surface area contributed by atoms with Crippen LogP contribution in [-0.2, 0) is 9.53 Å². The van der Waals surface area contributed by atoms with E-state index in [1.54, 1.807) is 6.20 Å². The van der Waals surface area contributed by atoms with Crippen molar-refractivity contribution in [1.29, 1.82) is 0 Å². The Labute approximate surface area is 179 Å². The van der Waals surface area contributed by atoms with Gasteiger partial charge in [-0.05, 0) is 38.2 Å². The van der Waals surface area contributed by atoms with E-state index in [2.05, 4.69) is 38.4 Å². The van der Waals surface area contributed by atoms with Crippen molar-refractivity contribution in [2.75, 3.05) is 6.61 Å². The van der Waals surface area contributed by atoms with Gasteiger partial charge in [-0.25, -0.2) is 9.78 Å². The lowest BCUT2D eigenvalue weighted by atomic mass is 9.98. The van der Waals surface area contributed by atoms with Crippen LogP contribution in [0.25, 0.3) is 11.1 Å². The molecule has 0 spiro atoms. The maximum Gasteiger partial charge on any atom is 0.407 e. The molecule has 0 saturated heterocycles. The predicted molar refractivity (Wildman–Crippen MR) is 113 cm³/mol. The topological polar surface area (TPSA) is 88.5 Å². The van der Waals surface area contributed by atoms with Crippen molar-refractivity contribution in [3.63, 3.8) is 0 Å². The van der Waals surface area contributed by atoms with Gasteiger partial charge in [0.25, 0.3) is 0 Å². The fourth-order valence-electron chi connectivity index (χ4n) is 3.59. The predicted octanol–water partition coefficient (Wildman–Crippen LogP) is 4.96. The minimum Gasteiger partial charge on any atom is -0.481 e. The fourth-order valence-corrected chi connectivity index (χ4v) is 4.88. The number of nitrogens with one attached hydrogen (secondary N) is 1. The van der Waals surface area contributed by atoms with E-state index in [0.29, 0.717) is 5.01 Å². The summed E-state index contributed by atoms with van der Waals surface area (Å²) in [5.74, 6) is -1.08. The number of amides is 1. The monoisotopic (exact) mass is 472 g/mol. The van der Waals surface area contributed by atoms with E-state index in [9.17, 15) is 9.59 Å². The van der Waals surface area contributed by atoms with Gasteiger partial charge in [0.1, 0.15) is 11.6 Å². The molecule has 1 heterocycles. The number of hydrogen-bond acceptors (Lipinski definition) is 5. The van der Waals surface area contributed by atoms with Crippen LogP contribution in [0.3, 0.4) is 0 Å². The van der Waals surface area contributed by atoms with Gasteiger partial charge in [0.2, 0.25) is 0 Å². The molecule has 0 unspecified atom stereocenters. The summed E-state index contributed by atoms with van der Waals surface area (Å²) in [6.07, 6.45) is 0.641. The SMILES string of the molecule is O=C(O)C[C@H](NC(=O)OCC1c2ccccc2-c2ccccc21)c1ncc(Br)s1. The Morgan fingerprint density at radius 1 is 1.14 bits per heavy atom. The Balaban J connectivity index is 1.47. The summed E-state index contributed by atoms with van der Waals surface area (Å²) in [6, 6.07) is 15.4. The number of aliphatic carboxylic acids is 1. The molecule has 1 aromatic heterocycles. The zero-order chi connectivity index (χ0) is 20.4. The zero-order valence-electron chi connectivity index (χ0n) is 15.2. The molecular weight excluding hydrogens is 456 g/mol. The second-order valence-corrected chi connectivity index (χ2v) is 9.06. The Bertz CT molecular complexity index is 1020. The van der Waals surface area contributed by atoms with E-state index in [1.807, 2.05) is 36.4 Å². The number of nitrogens with zero attached hydrogens (tertiary/aromatic N) is 1. The third-order valence-corrected chi connectivity index (χ3v) is 6.40. The van der Waals surface area contributed by atoms with Crippen LogP contribution >= 0.6 is 27.3 Å². The smallest absolute Gasteiger partial charge is 0.407 e. The van der Waals surface area contributed by atoms with Crippen LogP contribution in [0.2, 0.25) is 0 Å². The first kappa shape index (κ1) is 19.6. The second kappa shape index (κ2) is 8.34. The van der Waals surface area contributed by atoms with Crippen molar-refractivity contribution in [3.8, 4) is 11.1 Å². The van der Waals surface area contributed by atoms with E-state index < -0.39 is 18.1 Å². The molecule has 1 atom stereocenters. The summed E-state index contributed by atoms with van der Waals surface area (Å²) in [7, 11) is 0. The number of hydrogen-bond donors (Lipinski definition) is 2. The number of fused-ring (bicyclic) bond motifs is 3. The largest absolute Gasteiger partial charge is 0.481 e. The third-order valence-electron chi connectivity index (χ3n) is 4.81. The third kappa shape index (κ3) is 4.18. The van der Waals surface area contributed by atoms with E-state index in [1.165, 1.54) is 11.3 Å². The van der Waals surface area contributed by atoms with Gasteiger partial charge >= 0.3 is 12.1 Å². The van der Waals surface area contributed by atoms with Gasteiger partial charge in [-0.2, -0.15) is 0 Å². The molecule has 29 heavy (non-hydrogen) atoms. The van der Waals surface area contributed by atoms with Crippen molar-refractivity contribution in [2.45, 2.75) is 18.4 Å². The number of carboxylic acids is 1. The second-order valence-electron chi connectivity index (χ2n) is 6.62. The highest BCUT2D eigenvalue weighted by Crippen LogP contribution is 2.44. The molecular formula is C21H17BrN2O4S. The van der Waals surface area contributed by atoms with Crippen LogP contribution in [0.4, 0.5) is 4.79 Å². The number of benzene rings is 2. The molecule has 0 radical (unpaired) electrons. The molecule has 0 fully saturated rings. The van der Waals surface area contributed by atoms with Crippen molar-refractivity contribution in [3.05, 3.63) is 74.6 Å². The van der Waals surface area contributed by atoms with Gasteiger partial charge in [-0.3, -0.25) is 4.79 Å². The van der Waals surface area contributed by atoms with Crippen LogP contribution < -0.4 is 5.32 Å². The molecule has 1 aliphatic rings. The van der Waals surface area contributed by atoms with Gasteiger partial charge in [-0.1, -0.05) is 48.5 Å². The minimum atomic E-state index is -1.03. The van der Waals surface area contributed by atoms with E-state index >= 15 is 0 Å². The lowest BCUT2D eigenvalue weighted by molar-refractivity contribution is -0.137. The maximum atomic E-state index is 12.4. The molecule has 0 aliphatic heterocycles. The normalized spacial score (nSPS) is 13.4.